The first-order valence-corrected chi connectivity index (χ1v) is 8.50. The third-order valence-corrected chi connectivity index (χ3v) is 3.77. The van der Waals surface area contributed by atoms with Gasteiger partial charge in [-0.2, -0.15) is 0 Å². The molecule has 3 heteroatoms. The molecule has 130 valence electrons. The van der Waals surface area contributed by atoms with E-state index in [9.17, 15) is 4.79 Å². The monoisotopic (exact) mass is 344 g/mol. The van der Waals surface area contributed by atoms with Crippen LogP contribution in [-0.2, 0) is 9.53 Å². The SMILES string of the molecule is O=C(C=C(c1ccccc1)c1ccccc1)OCCOc1ccccc1. The van der Waals surface area contributed by atoms with E-state index in [-0.39, 0.29) is 12.6 Å². The molecular formula is C23H20O3. The highest BCUT2D eigenvalue weighted by molar-refractivity contribution is 5.96. The van der Waals surface area contributed by atoms with Gasteiger partial charge in [-0.1, -0.05) is 78.9 Å². The van der Waals surface area contributed by atoms with Gasteiger partial charge in [0.25, 0.3) is 0 Å². The number of carbonyl (C=O) groups is 1. The minimum atomic E-state index is -0.385. The molecule has 0 atom stereocenters. The van der Waals surface area contributed by atoms with E-state index in [4.69, 9.17) is 9.47 Å². The summed E-state index contributed by atoms with van der Waals surface area (Å²) in [6.45, 7) is 0.511. The van der Waals surface area contributed by atoms with Crippen molar-refractivity contribution in [2.75, 3.05) is 13.2 Å². The maximum atomic E-state index is 12.3. The molecule has 0 saturated heterocycles. The van der Waals surface area contributed by atoms with E-state index in [0.717, 1.165) is 22.4 Å². The van der Waals surface area contributed by atoms with Crippen LogP contribution in [0.2, 0.25) is 0 Å². The number of carbonyl (C=O) groups excluding carboxylic acids is 1. The summed E-state index contributed by atoms with van der Waals surface area (Å²) in [6.07, 6.45) is 1.53. The lowest BCUT2D eigenvalue weighted by Crippen LogP contribution is -2.11. The van der Waals surface area contributed by atoms with Gasteiger partial charge in [0.05, 0.1) is 0 Å². The first-order valence-electron chi connectivity index (χ1n) is 8.50. The highest BCUT2D eigenvalue weighted by Crippen LogP contribution is 2.23. The van der Waals surface area contributed by atoms with E-state index in [2.05, 4.69) is 0 Å². The fraction of sp³-hybridized carbons (Fsp3) is 0.0870. The van der Waals surface area contributed by atoms with Gasteiger partial charge in [-0.25, -0.2) is 4.79 Å². The highest BCUT2D eigenvalue weighted by atomic mass is 16.6. The average molecular weight is 344 g/mol. The predicted octanol–water partition coefficient (Wildman–Crippen LogP) is 4.74. The Kier molecular flexibility index (Phi) is 6.21. The standard InChI is InChI=1S/C23H20O3/c24-23(26-17-16-25-21-14-8-3-9-15-21)18-22(19-10-4-1-5-11-19)20-12-6-2-7-13-20/h1-15,18H,16-17H2. The summed E-state index contributed by atoms with van der Waals surface area (Å²) in [4.78, 5) is 12.3. The normalized spacial score (nSPS) is 10.0. The molecule has 0 N–H and O–H groups in total. The number of esters is 1. The van der Waals surface area contributed by atoms with Gasteiger partial charge >= 0.3 is 5.97 Å². The lowest BCUT2D eigenvalue weighted by atomic mass is 9.98. The maximum absolute atomic E-state index is 12.3. The van der Waals surface area contributed by atoms with Crippen molar-refractivity contribution < 1.29 is 14.3 Å². The van der Waals surface area contributed by atoms with Crippen molar-refractivity contribution >= 4 is 11.5 Å². The first kappa shape index (κ1) is 17.5. The van der Waals surface area contributed by atoms with Crippen LogP contribution in [-0.4, -0.2) is 19.2 Å². The molecule has 0 radical (unpaired) electrons. The molecule has 0 aliphatic carbocycles. The quantitative estimate of drug-likeness (QED) is 0.353. The predicted molar refractivity (Wildman–Crippen MR) is 103 cm³/mol. The van der Waals surface area contributed by atoms with Gasteiger partial charge in [0.1, 0.15) is 19.0 Å². The molecule has 0 saturated carbocycles. The van der Waals surface area contributed by atoms with Crippen LogP contribution in [0.3, 0.4) is 0 Å². The molecule has 26 heavy (non-hydrogen) atoms. The van der Waals surface area contributed by atoms with Gasteiger partial charge in [-0.3, -0.25) is 0 Å². The van der Waals surface area contributed by atoms with Gasteiger partial charge in [-0.05, 0) is 28.8 Å². The largest absolute Gasteiger partial charge is 0.490 e. The summed E-state index contributed by atoms with van der Waals surface area (Å²) < 4.78 is 10.8. The Morgan fingerprint density at radius 2 is 1.19 bits per heavy atom. The van der Waals surface area contributed by atoms with Crippen molar-refractivity contribution in [2.45, 2.75) is 0 Å². The Balaban J connectivity index is 1.64. The van der Waals surface area contributed by atoms with Crippen LogP contribution in [0.15, 0.2) is 97.1 Å². The van der Waals surface area contributed by atoms with Gasteiger partial charge in [0.2, 0.25) is 0 Å². The zero-order chi connectivity index (χ0) is 18.0. The molecule has 0 aromatic heterocycles. The van der Waals surface area contributed by atoms with E-state index in [0.29, 0.717) is 6.61 Å². The molecule has 3 aromatic carbocycles. The number of benzene rings is 3. The smallest absolute Gasteiger partial charge is 0.331 e. The number of rotatable bonds is 7. The second-order valence-electron chi connectivity index (χ2n) is 5.62. The van der Waals surface area contributed by atoms with Crippen molar-refractivity contribution in [3.8, 4) is 5.75 Å². The van der Waals surface area contributed by atoms with E-state index < -0.39 is 0 Å². The Morgan fingerprint density at radius 3 is 1.73 bits per heavy atom. The van der Waals surface area contributed by atoms with Gasteiger partial charge in [-0.15, -0.1) is 0 Å². The Hall–Kier alpha value is -3.33. The third-order valence-electron chi connectivity index (χ3n) is 3.77. The van der Waals surface area contributed by atoms with Gasteiger partial charge in [0.15, 0.2) is 0 Å². The van der Waals surface area contributed by atoms with Crippen molar-refractivity contribution in [1.29, 1.82) is 0 Å². The minimum Gasteiger partial charge on any atom is -0.490 e. The Bertz CT molecular complexity index is 799. The fourth-order valence-electron chi connectivity index (χ4n) is 2.55. The third kappa shape index (κ3) is 5.08. The second kappa shape index (κ2) is 9.23. The van der Waals surface area contributed by atoms with E-state index in [1.807, 2.05) is 91.0 Å². The van der Waals surface area contributed by atoms with Crippen LogP contribution in [0.4, 0.5) is 0 Å². The van der Waals surface area contributed by atoms with Crippen molar-refractivity contribution in [3.05, 3.63) is 108 Å². The summed E-state index contributed by atoms with van der Waals surface area (Å²) >= 11 is 0. The summed E-state index contributed by atoms with van der Waals surface area (Å²) in [5.74, 6) is 0.373. The summed E-state index contributed by atoms with van der Waals surface area (Å²) in [7, 11) is 0. The average Bonchev–Trinajstić information content (AvgIpc) is 2.71. The van der Waals surface area contributed by atoms with Crippen molar-refractivity contribution in [3.63, 3.8) is 0 Å². The first-order chi connectivity index (χ1) is 12.8. The summed E-state index contributed by atoms with van der Waals surface area (Å²) in [5.41, 5.74) is 2.77. The molecule has 0 aliphatic rings. The van der Waals surface area contributed by atoms with Crippen molar-refractivity contribution in [1.82, 2.24) is 0 Å². The van der Waals surface area contributed by atoms with Gasteiger partial charge in [0, 0.05) is 6.08 Å². The molecule has 3 nitrogen and oxygen atoms in total. The zero-order valence-corrected chi connectivity index (χ0v) is 14.4. The molecule has 0 aliphatic heterocycles. The zero-order valence-electron chi connectivity index (χ0n) is 14.4. The molecular weight excluding hydrogens is 324 g/mol. The van der Waals surface area contributed by atoms with Crippen LogP contribution in [0.1, 0.15) is 11.1 Å². The van der Waals surface area contributed by atoms with Crippen LogP contribution < -0.4 is 4.74 Å². The van der Waals surface area contributed by atoms with Crippen LogP contribution in [0.5, 0.6) is 5.75 Å². The van der Waals surface area contributed by atoms with Crippen LogP contribution in [0, 0.1) is 0 Å². The molecule has 0 fully saturated rings. The number of hydrogen-bond acceptors (Lipinski definition) is 3. The molecule has 0 heterocycles. The lowest BCUT2D eigenvalue weighted by molar-refractivity contribution is -0.138. The highest BCUT2D eigenvalue weighted by Gasteiger charge is 2.08. The number of hydrogen-bond donors (Lipinski definition) is 0. The van der Waals surface area contributed by atoms with E-state index >= 15 is 0 Å². The van der Waals surface area contributed by atoms with Crippen LogP contribution in [0.25, 0.3) is 5.57 Å². The maximum Gasteiger partial charge on any atom is 0.331 e. The molecule has 0 unspecified atom stereocenters. The van der Waals surface area contributed by atoms with Gasteiger partial charge < -0.3 is 9.47 Å². The second-order valence-corrected chi connectivity index (χ2v) is 5.62. The number of para-hydroxylation sites is 1. The molecule has 3 aromatic rings. The fourth-order valence-corrected chi connectivity index (χ4v) is 2.55. The molecule has 0 bridgehead atoms. The van der Waals surface area contributed by atoms with Crippen LogP contribution >= 0.6 is 0 Å². The minimum absolute atomic E-state index is 0.196. The topological polar surface area (TPSA) is 35.5 Å². The van der Waals surface area contributed by atoms with Crippen molar-refractivity contribution in [2.24, 2.45) is 0 Å². The summed E-state index contributed by atoms with van der Waals surface area (Å²) in [6, 6.07) is 29.1. The molecule has 0 amide bonds. The Morgan fingerprint density at radius 1 is 0.692 bits per heavy atom. The van der Waals surface area contributed by atoms with E-state index in [1.165, 1.54) is 6.08 Å². The lowest BCUT2D eigenvalue weighted by Gasteiger charge is -2.09. The Labute approximate surface area is 153 Å². The van der Waals surface area contributed by atoms with E-state index in [1.54, 1.807) is 0 Å². The molecule has 0 spiro atoms. The summed E-state index contributed by atoms with van der Waals surface area (Å²) in [5, 5.41) is 0. The molecule has 3 rings (SSSR count). The number of ether oxygens (including phenoxy) is 2.